The van der Waals surface area contributed by atoms with E-state index in [0.29, 0.717) is 0 Å². The monoisotopic (exact) mass is 285 g/mol. The Labute approximate surface area is 126 Å². The molecule has 5 heteroatoms. The molecule has 0 bridgehead atoms. The fourth-order valence-corrected chi connectivity index (χ4v) is 2.78. The number of rotatable bonds is 4. The maximum absolute atomic E-state index is 4.28. The third-order valence-electron chi connectivity index (χ3n) is 4.00. The molecule has 2 heterocycles. The molecule has 0 aliphatic carbocycles. The first-order valence-electron chi connectivity index (χ1n) is 7.79. The van der Waals surface area contributed by atoms with Crippen LogP contribution in [0.1, 0.15) is 24.6 Å². The van der Waals surface area contributed by atoms with E-state index in [2.05, 4.69) is 51.7 Å². The largest absolute Gasteiger partial charge is 0.315 e. The lowest BCUT2D eigenvalue weighted by molar-refractivity contribution is 0.278. The van der Waals surface area contributed by atoms with Crippen LogP contribution in [0.25, 0.3) is 5.69 Å². The van der Waals surface area contributed by atoms with Gasteiger partial charge in [-0.25, -0.2) is 4.68 Å². The second-order valence-corrected chi connectivity index (χ2v) is 5.54. The molecule has 0 spiro atoms. The van der Waals surface area contributed by atoms with Crippen molar-refractivity contribution in [1.29, 1.82) is 0 Å². The van der Waals surface area contributed by atoms with E-state index < -0.39 is 0 Å². The predicted octanol–water partition coefficient (Wildman–Crippen LogP) is 1.62. The Balaban J connectivity index is 1.79. The summed E-state index contributed by atoms with van der Waals surface area (Å²) in [4.78, 5) is 2.47. The quantitative estimate of drug-likeness (QED) is 0.927. The Morgan fingerprint density at radius 2 is 2.19 bits per heavy atom. The molecule has 21 heavy (non-hydrogen) atoms. The van der Waals surface area contributed by atoms with Gasteiger partial charge in [0.15, 0.2) is 0 Å². The summed E-state index contributed by atoms with van der Waals surface area (Å²) in [7, 11) is 0. The van der Waals surface area contributed by atoms with E-state index in [0.717, 1.165) is 50.5 Å². The maximum atomic E-state index is 4.28. The minimum atomic E-state index is 0.908. The number of hydrogen-bond donors (Lipinski definition) is 1. The van der Waals surface area contributed by atoms with Crippen LogP contribution in [-0.2, 0) is 13.0 Å². The lowest BCUT2D eigenvalue weighted by Crippen LogP contribution is -2.28. The van der Waals surface area contributed by atoms with E-state index in [1.807, 2.05) is 10.9 Å². The second-order valence-electron chi connectivity index (χ2n) is 5.54. The molecule has 1 aliphatic rings. The molecule has 3 rings (SSSR count). The summed E-state index contributed by atoms with van der Waals surface area (Å²) in [6.07, 6.45) is 4.12. The maximum Gasteiger partial charge on any atom is 0.0786 e. The minimum absolute atomic E-state index is 0.908. The molecule has 0 amide bonds. The normalized spacial score (nSPS) is 16.8. The van der Waals surface area contributed by atoms with Gasteiger partial charge >= 0.3 is 0 Å². The predicted molar refractivity (Wildman–Crippen MR) is 83.5 cm³/mol. The number of benzene rings is 1. The van der Waals surface area contributed by atoms with Gasteiger partial charge in [-0.15, -0.1) is 5.10 Å². The van der Waals surface area contributed by atoms with Gasteiger partial charge in [-0.05, 0) is 43.6 Å². The highest BCUT2D eigenvalue weighted by molar-refractivity contribution is 5.36. The molecule has 0 unspecified atom stereocenters. The van der Waals surface area contributed by atoms with Crippen LogP contribution in [0.4, 0.5) is 0 Å². The first-order chi connectivity index (χ1) is 10.4. The Morgan fingerprint density at radius 1 is 1.24 bits per heavy atom. The van der Waals surface area contributed by atoms with Crippen molar-refractivity contribution in [3.05, 3.63) is 41.7 Å². The fourth-order valence-electron chi connectivity index (χ4n) is 2.78. The standard InChI is InChI=1S/C16H23N5/c1-2-14-5-3-6-15(11-14)21-16(12-18-19-21)13-20-9-4-7-17-8-10-20/h3,5-6,11-12,17H,2,4,7-10,13H2,1H3. The van der Waals surface area contributed by atoms with Gasteiger partial charge in [0.1, 0.15) is 0 Å². The average molecular weight is 285 g/mol. The van der Waals surface area contributed by atoms with Gasteiger partial charge in [0.2, 0.25) is 0 Å². The molecule has 1 saturated heterocycles. The summed E-state index contributed by atoms with van der Waals surface area (Å²) in [6, 6.07) is 8.54. The van der Waals surface area contributed by atoms with E-state index in [4.69, 9.17) is 0 Å². The zero-order chi connectivity index (χ0) is 14.5. The summed E-state index contributed by atoms with van der Waals surface area (Å²) in [5, 5.41) is 11.8. The smallest absolute Gasteiger partial charge is 0.0786 e. The van der Waals surface area contributed by atoms with E-state index >= 15 is 0 Å². The Bertz CT molecular complexity index is 570. The molecule has 2 aromatic rings. The van der Waals surface area contributed by atoms with Gasteiger partial charge < -0.3 is 5.32 Å². The molecule has 0 atom stereocenters. The van der Waals surface area contributed by atoms with Crippen molar-refractivity contribution in [1.82, 2.24) is 25.2 Å². The van der Waals surface area contributed by atoms with Gasteiger partial charge in [-0.1, -0.05) is 24.3 Å². The molecular weight excluding hydrogens is 262 g/mol. The first kappa shape index (κ1) is 14.2. The third kappa shape index (κ3) is 3.49. The summed E-state index contributed by atoms with van der Waals surface area (Å²) in [6.45, 7) is 7.48. The van der Waals surface area contributed by atoms with Crippen LogP contribution in [-0.4, -0.2) is 46.1 Å². The summed E-state index contributed by atoms with van der Waals surface area (Å²) in [5.41, 5.74) is 3.59. The topological polar surface area (TPSA) is 46.0 Å². The van der Waals surface area contributed by atoms with Crippen LogP contribution < -0.4 is 5.32 Å². The van der Waals surface area contributed by atoms with Gasteiger partial charge in [0, 0.05) is 19.6 Å². The highest BCUT2D eigenvalue weighted by Crippen LogP contribution is 2.14. The highest BCUT2D eigenvalue weighted by atomic mass is 15.4. The molecule has 5 nitrogen and oxygen atoms in total. The van der Waals surface area contributed by atoms with Gasteiger partial charge in [-0.2, -0.15) is 0 Å². The van der Waals surface area contributed by atoms with Crippen molar-refractivity contribution < 1.29 is 0 Å². The van der Waals surface area contributed by atoms with Crippen LogP contribution in [0.15, 0.2) is 30.5 Å². The van der Waals surface area contributed by atoms with Crippen LogP contribution >= 0.6 is 0 Å². The van der Waals surface area contributed by atoms with Crippen molar-refractivity contribution >= 4 is 0 Å². The number of nitrogens with zero attached hydrogens (tertiary/aromatic N) is 4. The number of hydrogen-bond acceptors (Lipinski definition) is 4. The van der Waals surface area contributed by atoms with E-state index in [-0.39, 0.29) is 0 Å². The Morgan fingerprint density at radius 3 is 3.10 bits per heavy atom. The van der Waals surface area contributed by atoms with Crippen LogP contribution in [0.2, 0.25) is 0 Å². The van der Waals surface area contributed by atoms with Crippen molar-refractivity contribution in [2.45, 2.75) is 26.3 Å². The minimum Gasteiger partial charge on any atom is -0.315 e. The molecule has 1 fully saturated rings. The summed E-state index contributed by atoms with van der Waals surface area (Å²) >= 11 is 0. The average Bonchev–Trinajstić information content (AvgIpc) is 2.83. The Kier molecular flexibility index (Phi) is 4.62. The molecule has 1 N–H and O–H groups in total. The zero-order valence-electron chi connectivity index (χ0n) is 12.6. The van der Waals surface area contributed by atoms with Crippen molar-refractivity contribution in [3.8, 4) is 5.69 Å². The SMILES string of the molecule is CCc1cccc(-n2nncc2CN2CCCNCC2)c1. The molecule has 0 saturated carbocycles. The van der Waals surface area contributed by atoms with Crippen LogP contribution in [0.5, 0.6) is 0 Å². The van der Waals surface area contributed by atoms with E-state index in [1.165, 1.54) is 12.0 Å². The van der Waals surface area contributed by atoms with Crippen LogP contribution in [0.3, 0.4) is 0 Å². The second kappa shape index (κ2) is 6.83. The first-order valence-corrected chi connectivity index (χ1v) is 7.79. The van der Waals surface area contributed by atoms with Crippen molar-refractivity contribution in [2.24, 2.45) is 0 Å². The molecule has 112 valence electrons. The number of nitrogens with one attached hydrogen (secondary N) is 1. The van der Waals surface area contributed by atoms with E-state index in [1.54, 1.807) is 0 Å². The van der Waals surface area contributed by atoms with Gasteiger partial charge in [0.25, 0.3) is 0 Å². The lowest BCUT2D eigenvalue weighted by atomic mass is 10.1. The summed E-state index contributed by atoms with van der Waals surface area (Å²) < 4.78 is 1.97. The van der Waals surface area contributed by atoms with Gasteiger partial charge in [-0.3, -0.25) is 4.90 Å². The third-order valence-corrected chi connectivity index (χ3v) is 4.00. The molecule has 0 radical (unpaired) electrons. The lowest BCUT2D eigenvalue weighted by Gasteiger charge is -2.19. The van der Waals surface area contributed by atoms with E-state index in [9.17, 15) is 0 Å². The zero-order valence-corrected chi connectivity index (χ0v) is 12.6. The molecule has 1 aromatic carbocycles. The Hall–Kier alpha value is -1.72. The van der Waals surface area contributed by atoms with Crippen LogP contribution in [0, 0.1) is 0 Å². The number of aryl methyl sites for hydroxylation is 1. The van der Waals surface area contributed by atoms with Gasteiger partial charge in [0.05, 0.1) is 17.6 Å². The summed E-state index contributed by atoms with van der Waals surface area (Å²) in [5.74, 6) is 0. The molecule has 1 aromatic heterocycles. The highest BCUT2D eigenvalue weighted by Gasteiger charge is 2.13. The molecular formula is C16H23N5. The van der Waals surface area contributed by atoms with Crippen molar-refractivity contribution in [2.75, 3.05) is 26.2 Å². The number of aromatic nitrogens is 3. The fraction of sp³-hybridized carbons (Fsp3) is 0.500. The van der Waals surface area contributed by atoms with Crippen molar-refractivity contribution in [3.63, 3.8) is 0 Å². The molecule has 1 aliphatic heterocycles.